The van der Waals surface area contributed by atoms with Gasteiger partial charge in [0.2, 0.25) is 0 Å². The molecule has 0 amide bonds. The lowest BCUT2D eigenvalue weighted by molar-refractivity contribution is 0.602. The van der Waals surface area contributed by atoms with E-state index in [4.69, 9.17) is 0 Å². The predicted octanol–water partition coefficient (Wildman–Crippen LogP) is 1.95. The molecule has 1 aromatic heterocycles. The lowest BCUT2D eigenvalue weighted by atomic mass is 10.1. The lowest BCUT2D eigenvalue weighted by Crippen LogP contribution is -1.96. The molecule has 0 N–H and O–H groups in total. The first-order valence-corrected chi connectivity index (χ1v) is 6.60. The molecule has 1 radical (unpaired) electrons. The average molecular weight is 232 g/mol. The van der Waals surface area contributed by atoms with E-state index in [1.807, 2.05) is 12.1 Å². The zero-order valence-electron chi connectivity index (χ0n) is 8.71. The Morgan fingerprint density at radius 3 is 2.31 bits per heavy atom. The van der Waals surface area contributed by atoms with E-state index in [0.717, 1.165) is 11.3 Å². The normalized spacial score (nSPS) is 11.3. The number of aromatic nitrogens is 1. The summed E-state index contributed by atoms with van der Waals surface area (Å²) in [5.41, 5.74) is 1.66. The number of rotatable bonds is 2. The highest BCUT2D eigenvalue weighted by atomic mass is 32.2. The third-order valence-corrected chi connectivity index (χ3v) is 3.32. The summed E-state index contributed by atoms with van der Waals surface area (Å²) >= 11 is 0. The van der Waals surface area contributed by atoms with Gasteiger partial charge in [0.05, 0.1) is 16.8 Å². The average Bonchev–Trinajstić information content (AvgIpc) is 2.29. The molecule has 0 aliphatic rings. The zero-order chi connectivity index (χ0) is 11.6. The van der Waals surface area contributed by atoms with E-state index in [1.165, 1.54) is 6.26 Å². The van der Waals surface area contributed by atoms with Crippen LogP contribution in [0.2, 0.25) is 0 Å². The van der Waals surface area contributed by atoms with E-state index in [9.17, 15) is 8.42 Å². The minimum Gasteiger partial charge on any atom is -0.246 e. The fourth-order valence-corrected chi connectivity index (χ4v) is 1.99. The molecule has 0 saturated carbocycles. The summed E-state index contributed by atoms with van der Waals surface area (Å²) in [7, 11) is -3.13. The summed E-state index contributed by atoms with van der Waals surface area (Å²) < 4.78 is 22.5. The van der Waals surface area contributed by atoms with Crippen LogP contribution in [0.4, 0.5) is 0 Å². The minimum absolute atomic E-state index is 0.316. The van der Waals surface area contributed by atoms with Crippen LogP contribution in [0.25, 0.3) is 11.3 Å². The van der Waals surface area contributed by atoms with Gasteiger partial charge in [-0.05, 0) is 24.3 Å². The Balaban J connectivity index is 2.41. The molecule has 0 saturated heterocycles. The number of benzene rings is 1. The summed E-state index contributed by atoms with van der Waals surface area (Å²) in [5.74, 6) is 0. The Hall–Kier alpha value is -1.68. The smallest absolute Gasteiger partial charge is 0.175 e. The van der Waals surface area contributed by atoms with Crippen molar-refractivity contribution in [3.05, 3.63) is 48.7 Å². The van der Waals surface area contributed by atoms with Crippen LogP contribution in [0.3, 0.4) is 0 Å². The maximum absolute atomic E-state index is 11.3. The van der Waals surface area contributed by atoms with Crippen molar-refractivity contribution in [2.45, 2.75) is 4.90 Å². The second kappa shape index (κ2) is 4.06. The summed E-state index contributed by atoms with van der Waals surface area (Å²) in [5, 5.41) is 0. The number of hydrogen-bond acceptors (Lipinski definition) is 3. The second-order valence-corrected chi connectivity index (χ2v) is 5.46. The third kappa shape index (κ3) is 2.28. The van der Waals surface area contributed by atoms with Crippen LogP contribution in [-0.4, -0.2) is 19.7 Å². The van der Waals surface area contributed by atoms with Crippen molar-refractivity contribution in [2.24, 2.45) is 0 Å². The van der Waals surface area contributed by atoms with Gasteiger partial charge in [-0.1, -0.05) is 18.2 Å². The molecule has 2 aromatic rings. The molecule has 2 rings (SSSR count). The Morgan fingerprint density at radius 1 is 1.12 bits per heavy atom. The molecule has 0 spiro atoms. The first-order valence-electron chi connectivity index (χ1n) is 4.71. The van der Waals surface area contributed by atoms with Gasteiger partial charge in [-0.25, -0.2) is 13.4 Å². The van der Waals surface area contributed by atoms with Crippen molar-refractivity contribution >= 4 is 9.84 Å². The van der Waals surface area contributed by atoms with E-state index in [-0.39, 0.29) is 0 Å². The molecule has 1 aromatic carbocycles. The fraction of sp³-hybridized carbons (Fsp3) is 0.0833. The molecule has 4 heteroatoms. The van der Waals surface area contributed by atoms with E-state index >= 15 is 0 Å². The molecule has 0 aliphatic heterocycles. The molecule has 0 bridgehead atoms. The van der Waals surface area contributed by atoms with Gasteiger partial charge in [0.1, 0.15) is 0 Å². The molecule has 0 atom stereocenters. The van der Waals surface area contributed by atoms with Crippen LogP contribution in [0, 0.1) is 6.20 Å². The van der Waals surface area contributed by atoms with Gasteiger partial charge in [-0.3, -0.25) is 0 Å². The highest BCUT2D eigenvalue weighted by molar-refractivity contribution is 7.90. The van der Waals surface area contributed by atoms with Crippen LogP contribution in [0.15, 0.2) is 47.4 Å². The molecule has 0 fully saturated rings. The van der Waals surface area contributed by atoms with Crippen LogP contribution in [-0.2, 0) is 9.84 Å². The Bertz CT molecular complexity index is 574. The first kappa shape index (κ1) is 10.8. The standard InChI is InChI=1S/C12H10NO2S/c1-16(14,15)11-7-5-10(6-8-11)12-4-2-3-9-13-12/h2-8H,1H3. The maximum Gasteiger partial charge on any atom is 0.175 e. The number of nitrogens with zero attached hydrogens (tertiary/aromatic N) is 1. The van der Waals surface area contributed by atoms with Gasteiger partial charge in [0.25, 0.3) is 0 Å². The van der Waals surface area contributed by atoms with Gasteiger partial charge in [-0.15, -0.1) is 0 Å². The second-order valence-electron chi connectivity index (χ2n) is 3.45. The zero-order valence-corrected chi connectivity index (χ0v) is 9.53. The molecule has 1 heterocycles. The molecule has 0 aliphatic carbocycles. The quantitative estimate of drug-likeness (QED) is 0.795. The van der Waals surface area contributed by atoms with Crippen molar-refractivity contribution in [1.29, 1.82) is 0 Å². The summed E-state index contributed by atoms with van der Waals surface area (Å²) in [6.07, 6.45) is 3.93. The maximum atomic E-state index is 11.3. The first-order chi connectivity index (χ1) is 7.57. The molecular formula is C12H10NO2S. The number of hydrogen-bond donors (Lipinski definition) is 0. The van der Waals surface area contributed by atoms with Crippen molar-refractivity contribution in [3.8, 4) is 11.3 Å². The molecule has 0 unspecified atom stereocenters. The van der Waals surface area contributed by atoms with Gasteiger partial charge in [-0.2, -0.15) is 0 Å². The lowest BCUT2D eigenvalue weighted by Gasteiger charge is -2.01. The third-order valence-electron chi connectivity index (χ3n) is 2.19. The molecule has 81 valence electrons. The van der Waals surface area contributed by atoms with Gasteiger partial charge >= 0.3 is 0 Å². The van der Waals surface area contributed by atoms with E-state index in [1.54, 1.807) is 30.3 Å². The van der Waals surface area contributed by atoms with Crippen LogP contribution in [0.5, 0.6) is 0 Å². The Morgan fingerprint density at radius 2 is 1.81 bits per heavy atom. The molecular weight excluding hydrogens is 222 g/mol. The summed E-state index contributed by atoms with van der Waals surface area (Å²) in [6, 6.07) is 12.1. The minimum atomic E-state index is -3.13. The SMILES string of the molecule is CS(=O)(=O)c1ccc(-c2ccc[c]n2)cc1. The fourth-order valence-electron chi connectivity index (χ4n) is 1.36. The summed E-state index contributed by atoms with van der Waals surface area (Å²) in [4.78, 5) is 4.38. The van der Waals surface area contributed by atoms with E-state index in [2.05, 4.69) is 11.2 Å². The highest BCUT2D eigenvalue weighted by Gasteiger charge is 2.06. The summed E-state index contributed by atoms with van der Waals surface area (Å²) in [6.45, 7) is 0. The number of sulfone groups is 1. The largest absolute Gasteiger partial charge is 0.246 e. The molecule has 3 nitrogen and oxygen atoms in total. The van der Waals surface area contributed by atoms with Crippen molar-refractivity contribution in [3.63, 3.8) is 0 Å². The van der Waals surface area contributed by atoms with Crippen molar-refractivity contribution in [2.75, 3.05) is 6.26 Å². The predicted molar refractivity (Wildman–Crippen MR) is 61.6 cm³/mol. The topological polar surface area (TPSA) is 47.0 Å². The van der Waals surface area contributed by atoms with Crippen LogP contribution in [0.1, 0.15) is 0 Å². The van der Waals surface area contributed by atoms with Crippen LogP contribution < -0.4 is 0 Å². The molecule has 16 heavy (non-hydrogen) atoms. The van der Waals surface area contributed by atoms with Crippen LogP contribution >= 0.6 is 0 Å². The van der Waals surface area contributed by atoms with E-state index < -0.39 is 9.84 Å². The van der Waals surface area contributed by atoms with E-state index in [0.29, 0.717) is 4.90 Å². The van der Waals surface area contributed by atoms with Crippen molar-refractivity contribution in [1.82, 2.24) is 4.98 Å². The Labute approximate surface area is 94.7 Å². The van der Waals surface area contributed by atoms with Crippen molar-refractivity contribution < 1.29 is 8.42 Å². The van der Waals surface area contributed by atoms with Gasteiger partial charge in [0.15, 0.2) is 9.84 Å². The Kier molecular flexibility index (Phi) is 2.75. The monoisotopic (exact) mass is 232 g/mol. The van der Waals surface area contributed by atoms with Gasteiger partial charge < -0.3 is 0 Å². The van der Waals surface area contributed by atoms with Gasteiger partial charge in [0, 0.05) is 11.8 Å². The highest BCUT2D eigenvalue weighted by Crippen LogP contribution is 2.18. The number of pyridine rings is 1.